The second-order valence-electron chi connectivity index (χ2n) is 5.66. The van der Waals surface area contributed by atoms with Gasteiger partial charge in [-0.3, -0.25) is 4.57 Å². The molecule has 3 heterocycles. The zero-order valence-electron chi connectivity index (χ0n) is 12.1. The number of pyridine rings is 1. The lowest BCUT2D eigenvalue weighted by Crippen LogP contribution is -2.09. The van der Waals surface area contributed by atoms with Crippen molar-refractivity contribution >= 4 is 22.9 Å². The largest absolute Gasteiger partial charge is 0.508 e. The van der Waals surface area contributed by atoms with Crippen molar-refractivity contribution in [3.8, 4) is 11.4 Å². The minimum atomic E-state index is 0.262. The molecule has 1 saturated heterocycles. The molecule has 22 heavy (non-hydrogen) atoms. The SMILES string of the molecule is Oc1cccc(-n2c(CC3CCSC3)nc3cccnc32)c1. The van der Waals surface area contributed by atoms with E-state index in [1.165, 1.54) is 17.9 Å². The Morgan fingerprint density at radius 3 is 3.05 bits per heavy atom. The van der Waals surface area contributed by atoms with Gasteiger partial charge in [-0.25, -0.2) is 9.97 Å². The van der Waals surface area contributed by atoms with Crippen molar-refractivity contribution in [2.24, 2.45) is 5.92 Å². The second-order valence-corrected chi connectivity index (χ2v) is 6.81. The normalized spacial score (nSPS) is 18.1. The number of aromatic hydroxyl groups is 1. The molecule has 1 atom stereocenters. The molecular weight excluding hydrogens is 294 g/mol. The Bertz CT molecular complexity index is 809. The van der Waals surface area contributed by atoms with E-state index in [0.29, 0.717) is 5.92 Å². The fourth-order valence-corrected chi connectivity index (χ4v) is 4.29. The van der Waals surface area contributed by atoms with E-state index in [1.54, 1.807) is 18.3 Å². The van der Waals surface area contributed by atoms with E-state index in [-0.39, 0.29) is 5.75 Å². The van der Waals surface area contributed by atoms with E-state index in [4.69, 9.17) is 4.98 Å². The highest BCUT2D eigenvalue weighted by molar-refractivity contribution is 7.99. The number of phenols is 1. The van der Waals surface area contributed by atoms with Crippen molar-refractivity contribution in [1.29, 1.82) is 0 Å². The molecule has 1 aliphatic rings. The number of aromatic nitrogens is 3. The minimum absolute atomic E-state index is 0.262. The number of imidazole rings is 1. The topological polar surface area (TPSA) is 50.9 Å². The summed E-state index contributed by atoms with van der Waals surface area (Å²) in [5, 5.41) is 9.80. The Labute approximate surface area is 133 Å². The average Bonchev–Trinajstić information content (AvgIpc) is 3.14. The number of fused-ring (bicyclic) bond motifs is 1. The maximum atomic E-state index is 9.80. The molecule has 5 heteroatoms. The lowest BCUT2D eigenvalue weighted by molar-refractivity contribution is 0.475. The highest BCUT2D eigenvalue weighted by Crippen LogP contribution is 2.29. The zero-order chi connectivity index (χ0) is 14.9. The quantitative estimate of drug-likeness (QED) is 0.805. The Morgan fingerprint density at radius 1 is 1.27 bits per heavy atom. The van der Waals surface area contributed by atoms with Crippen LogP contribution >= 0.6 is 11.8 Å². The molecule has 112 valence electrons. The van der Waals surface area contributed by atoms with Crippen LogP contribution in [0.25, 0.3) is 16.9 Å². The summed E-state index contributed by atoms with van der Waals surface area (Å²) in [6, 6.07) is 11.2. The molecule has 3 aromatic rings. The Balaban J connectivity index is 1.85. The number of hydrogen-bond donors (Lipinski definition) is 1. The van der Waals surface area contributed by atoms with E-state index in [0.717, 1.165) is 29.1 Å². The van der Waals surface area contributed by atoms with Crippen molar-refractivity contribution in [3.05, 3.63) is 48.4 Å². The van der Waals surface area contributed by atoms with Gasteiger partial charge in [-0.05, 0) is 48.1 Å². The van der Waals surface area contributed by atoms with Gasteiger partial charge in [0.25, 0.3) is 0 Å². The molecule has 1 aromatic carbocycles. The third kappa shape index (κ3) is 2.46. The molecule has 0 radical (unpaired) electrons. The molecule has 0 aliphatic carbocycles. The van der Waals surface area contributed by atoms with Crippen LogP contribution in [0.15, 0.2) is 42.6 Å². The van der Waals surface area contributed by atoms with E-state index in [9.17, 15) is 5.11 Å². The molecule has 0 amide bonds. The highest BCUT2D eigenvalue weighted by Gasteiger charge is 2.21. The smallest absolute Gasteiger partial charge is 0.164 e. The van der Waals surface area contributed by atoms with Crippen LogP contribution in [0, 0.1) is 5.92 Å². The molecule has 0 bridgehead atoms. The molecule has 0 spiro atoms. The summed E-state index contributed by atoms with van der Waals surface area (Å²) in [4.78, 5) is 9.29. The van der Waals surface area contributed by atoms with Crippen LogP contribution in [0.2, 0.25) is 0 Å². The van der Waals surface area contributed by atoms with E-state index in [2.05, 4.69) is 9.55 Å². The summed E-state index contributed by atoms with van der Waals surface area (Å²) >= 11 is 2.02. The first kappa shape index (κ1) is 13.6. The molecule has 1 aliphatic heterocycles. The van der Waals surface area contributed by atoms with Crippen LogP contribution in [-0.2, 0) is 6.42 Å². The summed E-state index contributed by atoms with van der Waals surface area (Å²) in [5.74, 6) is 4.42. The van der Waals surface area contributed by atoms with Crippen molar-refractivity contribution in [1.82, 2.24) is 14.5 Å². The van der Waals surface area contributed by atoms with Gasteiger partial charge in [0, 0.05) is 18.7 Å². The van der Waals surface area contributed by atoms with Gasteiger partial charge in [0.1, 0.15) is 17.1 Å². The molecule has 4 rings (SSSR count). The Hall–Kier alpha value is -2.01. The first-order valence-electron chi connectivity index (χ1n) is 7.51. The third-order valence-electron chi connectivity index (χ3n) is 4.07. The van der Waals surface area contributed by atoms with Gasteiger partial charge in [0.05, 0.1) is 5.69 Å². The predicted molar refractivity (Wildman–Crippen MR) is 89.7 cm³/mol. The lowest BCUT2D eigenvalue weighted by atomic mass is 10.0. The number of benzene rings is 1. The van der Waals surface area contributed by atoms with Gasteiger partial charge < -0.3 is 5.11 Å². The maximum Gasteiger partial charge on any atom is 0.164 e. The number of rotatable bonds is 3. The van der Waals surface area contributed by atoms with Crippen LogP contribution in [0.1, 0.15) is 12.2 Å². The molecule has 4 nitrogen and oxygen atoms in total. The lowest BCUT2D eigenvalue weighted by Gasteiger charge is -2.12. The van der Waals surface area contributed by atoms with Crippen LogP contribution in [0.5, 0.6) is 5.75 Å². The molecule has 1 fully saturated rings. The van der Waals surface area contributed by atoms with Crippen molar-refractivity contribution in [2.75, 3.05) is 11.5 Å². The number of hydrogen-bond acceptors (Lipinski definition) is 4. The van der Waals surface area contributed by atoms with Gasteiger partial charge in [0.2, 0.25) is 0 Å². The highest BCUT2D eigenvalue weighted by atomic mass is 32.2. The van der Waals surface area contributed by atoms with Gasteiger partial charge in [0.15, 0.2) is 5.65 Å². The van der Waals surface area contributed by atoms with E-state index >= 15 is 0 Å². The Kier molecular flexibility index (Phi) is 3.50. The van der Waals surface area contributed by atoms with Gasteiger partial charge in [-0.2, -0.15) is 11.8 Å². The second kappa shape index (κ2) is 5.65. The molecular formula is C17H17N3OS. The predicted octanol–water partition coefficient (Wildman–Crippen LogP) is 3.42. The minimum Gasteiger partial charge on any atom is -0.508 e. The summed E-state index contributed by atoms with van der Waals surface area (Å²) < 4.78 is 2.08. The number of phenolic OH excluding ortho intramolecular Hbond substituents is 1. The number of nitrogens with zero attached hydrogens (tertiary/aromatic N) is 3. The first-order chi connectivity index (χ1) is 10.8. The van der Waals surface area contributed by atoms with Crippen LogP contribution < -0.4 is 0 Å². The first-order valence-corrected chi connectivity index (χ1v) is 8.66. The fourth-order valence-electron chi connectivity index (χ4n) is 3.00. The van der Waals surface area contributed by atoms with Crippen molar-refractivity contribution in [3.63, 3.8) is 0 Å². The van der Waals surface area contributed by atoms with Crippen LogP contribution in [-0.4, -0.2) is 31.1 Å². The molecule has 1 unspecified atom stereocenters. The van der Waals surface area contributed by atoms with Crippen molar-refractivity contribution in [2.45, 2.75) is 12.8 Å². The van der Waals surface area contributed by atoms with Crippen LogP contribution in [0.4, 0.5) is 0 Å². The molecule has 1 N–H and O–H groups in total. The third-order valence-corrected chi connectivity index (χ3v) is 5.30. The van der Waals surface area contributed by atoms with Crippen molar-refractivity contribution < 1.29 is 5.11 Å². The van der Waals surface area contributed by atoms with Crippen LogP contribution in [0.3, 0.4) is 0 Å². The van der Waals surface area contributed by atoms with E-state index < -0.39 is 0 Å². The fraction of sp³-hybridized carbons (Fsp3) is 0.294. The van der Waals surface area contributed by atoms with E-state index in [1.807, 2.05) is 36.0 Å². The number of thioether (sulfide) groups is 1. The Morgan fingerprint density at radius 2 is 2.23 bits per heavy atom. The maximum absolute atomic E-state index is 9.80. The van der Waals surface area contributed by atoms with Gasteiger partial charge in [-0.1, -0.05) is 6.07 Å². The molecule has 2 aromatic heterocycles. The summed E-state index contributed by atoms with van der Waals surface area (Å²) in [5.41, 5.74) is 2.68. The van der Waals surface area contributed by atoms with Gasteiger partial charge in [-0.15, -0.1) is 0 Å². The summed E-state index contributed by atoms with van der Waals surface area (Å²) in [6.07, 6.45) is 4.00. The monoisotopic (exact) mass is 311 g/mol. The standard InChI is InChI=1S/C17H17N3OS/c21-14-4-1-3-13(10-14)20-16(9-12-6-8-22-11-12)19-15-5-2-7-18-17(15)20/h1-5,7,10,12,21H,6,8-9,11H2. The zero-order valence-corrected chi connectivity index (χ0v) is 13.0. The average molecular weight is 311 g/mol. The summed E-state index contributed by atoms with van der Waals surface area (Å²) in [6.45, 7) is 0. The molecule has 0 saturated carbocycles. The summed E-state index contributed by atoms with van der Waals surface area (Å²) in [7, 11) is 0. The van der Waals surface area contributed by atoms with Gasteiger partial charge >= 0.3 is 0 Å².